The summed E-state index contributed by atoms with van der Waals surface area (Å²) in [4.78, 5) is 0. The minimum absolute atomic E-state index is 0. The number of aryl methyl sites for hydroxylation is 8. The van der Waals surface area contributed by atoms with E-state index in [-0.39, 0.29) is 23.0 Å². The predicted molar refractivity (Wildman–Crippen MR) is 231 cm³/mol. The Kier molecular flexibility index (Phi) is 14.8. The summed E-state index contributed by atoms with van der Waals surface area (Å²) in [7, 11) is -1.53. The topological polar surface area (TPSA) is 20.2 Å². The zero-order valence-electron chi connectivity index (χ0n) is 33.3. The van der Waals surface area contributed by atoms with Gasteiger partial charge >= 0.3 is 0 Å². The SMILES string of the molecule is C1CCCC1.Cc1cc(C)cc(P(c2cc(C)cc(C)c2)c2ccccc2[C@@H](O)C2CCCC2P(c2cc(C)cc(C)c2)c2cc(C)cc(C)c2)c1.[Fe]. The second-order valence-corrected chi connectivity index (χ2v) is 20.6. The second kappa shape index (κ2) is 18.9. The van der Waals surface area contributed by atoms with Crippen molar-refractivity contribution in [2.24, 2.45) is 5.92 Å². The van der Waals surface area contributed by atoms with Crippen molar-refractivity contribution in [3.05, 3.63) is 147 Å². The van der Waals surface area contributed by atoms with E-state index in [1.165, 1.54) is 103 Å². The summed E-state index contributed by atoms with van der Waals surface area (Å²) in [6.45, 7) is 17.7. The summed E-state index contributed by atoms with van der Waals surface area (Å²) in [5.74, 6) is 0.194. The molecule has 1 nitrogen and oxygen atoms in total. The maximum atomic E-state index is 12.7. The number of hydrogen-bond donors (Lipinski definition) is 1. The van der Waals surface area contributed by atoms with Crippen molar-refractivity contribution in [2.75, 3.05) is 0 Å². The minimum Gasteiger partial charge on any atom is -0.388 e. The van der Waals surface area contributed by atoms with Crippen LogP contribution in [0.15, 0.2) is 97.1 Å². The molecule has 0 bridgehead atoms. The normalized spacial score (nSPS) is 17.4. The molecule has 3 atom stereocenters. The number of aliphatic hydroxyl groups is 1. The molecule has 0 aliphatic heterocycles. The van der Waals surface area contributed by atoms with Gasteiger partial charge in [0.15, 0.2) is 0 Å². The van der Waals surface area contributed by atoms with Gasteiger partial charge in [0, 0.05) is 17.1 Å². The molecule has 2 aliphatic rings. The van der Waals surface area contributed by atoms with Gasteiger partial charge in [-0.2, -0.15) is 0 Å². The minimum atomic E-state index is -0.868. The van der Waals surface area contributed by atoms with Gasteiger partial charge in [-0.3, -0.25) is 0 Å². The molecule has 53 heavy (non-hydrogen) atoms. The summed E-state index contributed by atoms with van der Waals surface area (Å²) in [5, 5.41) is 19.6. The van der Waals surface area contributed by atoms with Crippen LogP contribution in [-0.4, -0.2) is 10.8 Å². The number of hydrogen-bond acceptors (Lipinski definition) is 1. The third kappa shape index (κ3) is 10.4. The van der Waals surface area contributed by atoms with E-state index >= 15 is 0 Å². The smallest absolute Gasteiger partial charge is 0.0830 e. The van der Waals surface area contributed by atoms with Gasteiger partial charge in [0.05, 0.1) is 6.10 Å². The van der Waals surface area contributed by atoms with Crippen molar-refractivity contribution < 1.29 is 22.2 Å². The molecule has 0 saturated heterocycles. The predicted octanol–water partition coefficient (Wildman–Crippen LogP) is 11.2. The van der Waals surface area contributed by atoms with E-state index in [4.69, 9.17) is 0 Å². The molecule has 4 heteroatoms. The van der Waals surface area contributed by atoms with Crippen molar-refractivity contribution in [2.45, 2.75) is 119 Å². The van der Waals surface area contributed by atoms with Crippen molar-refractivity contribution in [1.29, 1.82) is 0 Å². The molecule has 0 aromatic heterocycles. The molecule has 7 rings (SSSR count). The van der Waals surface area contributed by atoms with Gasteiger partial charge in [-0.1, -0.05) is 180 Å². The van der Waals surface area contributed by atoms with Crippen LogP contribution < -0.4 is 26.5 Å². The van der Waals surface area contributed by atoms with Crippen LogP contribution >= 0.6 is 15.8 Å². The van der Waals surface area contributed by atoms with E-state index in [2.05, 4.69) is 152 Å². The van der Waals surface area contributed by atoms with Crippen LogP contribution in [0.25, 0.3) is 0 Å². The number of aliphatic hydroxyl groups excluding tert-OH is 1. The Labute approximate surface area is 334 Å². The standard InChI is InChI=1S/C44H50OP2.C5H10.Fe/c1-28-16-29(2)21-36(20-28)46(37-22-30(3)17-31(4)23-37)42-14-10-9-12-40(42)44(45)41-13-11-15-43(41)47(38-24-32(5)18-33(6)25-38)39-26-34(7)19-35(8)27-39;1-2-4-5-3-1;/h9-10,12,14,16-27,41,43-45H,11,13,15H2,1-8H3;1-5H2;/t41?,43?,44-;;/m1../s1. The molecule has 5 aromatic carbocycles. The van der Waals surface area contributed by atoms with Crippen LogP contribution in [0.2, 0.25) is 0 Å². The first-order chi connectivity index (χ1) is 25.0. The fraction of sp³-hybridized carbons (Fsp3) is 0.388. The Morgan fingerprint density at radius 2 is 0.830 bits per heavy atom. The molecule has 0 spiro atoms. The van der Waals surface area contributed by atoms with Crippen molar-refractivity contribution in [3.8, 4) is 0 Å². The van der Waals surface area contributed by atoms with Gasteiger partial charge in [-0.15, -0.1) is 0 Å². The molecule has 2 unspecified atom stereocenters. The first-order valence-electron chi connectivity index (χ1n) is 19.7. The van der Waals surface area contributed by atoms with Gasteiger partial charge in [0.1, 0.15) is 0 Å². The Morgan fingerprint density at radius 3 is 1.23 bits per heavy atom. The Hall–Kier alpha value is -2.56. The molecular weight excluding hydrogens is 722 g/mol. The second-order valence-electron chi connectivity index (χ2n) is 16.0. The van der Waals surface area contributed by atoms with E-state index in [1.807, 2.05) is 0 Å². The molecule has 0 amide bonds. The fourth-order valence-corrected chi connectivity index (χ4v) is 15.5. The van der Waals surface area contributed by atoms with E-state index in [0.29, 0.717) is 5.66 Å². The van der Waals surface area contributed by atoms with Crippen molar-refractivity contribution in [1.82, 2.24) is 0 Å². The van der Waals surface area contributed by atoms with Crippen molar-refractivity contribution >= 4 is 42.4 Å². The molecule has 2 aliphatic carbocycles. The number of benzene rings is 5. The number of rotatable bonds is 8. The quantitative estimate of drug-likeness (QED) is 0.123. The third-order valence-electron chi connectivity index (χ3n) is 10.9. The molecule has 280 valence electrons. The Morgan fingerprint density at radius 1 is 0.472 bits per heavy atom. The van der Waals surface area contributed by atoms with Gasteiger partial charge in [0.2, 0.25) is 0 Å². The van der Waals surface area contributed by atoms with Crippen LogP contribution in [0.3, 0.4) is 0 Å². The van der Waals surface area contributed by atoms with Crippen molar-refractivity contribution in [3.63, 3.8) is 0 Å². The van der Waals surface area contributed by atoms with E-state index in [0.717, 1.165) is 24.8 Å². The summed E-state index contributed by atoms with van der Waals surface area (Å²) in [6, 6.07) is 37.1. The van der Waals surface area contributed by atoms with Gasteiger partial charge in [0.25, 0.3) is 0 Å². The molecule has 5 aromatic rings. The largest absolute Gasteiger partial charge is 0.388 e. The third-order valence-corrected chi connectivity index (χ3v) is 16.3. The Bertz CT molecular complexity index is 1800. The molecule has 1 N–H and O–H groups in total. The van der Waals surface area contributed by atoms with E-state index < -0.39 is 21.9 Å². The average molecular weight is 783 g/mol. The molecule has 0 heterocycles. The first-order valence-corrected chi connectivity index (χ1v) is 22.4. The summed E-state index contributed by atoms with van der Waals surface area (Å²) in [6.07, 6.45) is 10.3. The summed E-state index contributed by atoms with van der Waals surface area (Å²) in [5.41, 5.74) is 12.0. The fourth-order valence-electron chi connectivity index (χ4n) is 9.01. The molecule has 2 fully saturated rings. The summed E-state index contributed by atoms with van der Waals surface area (Å²) >= 11 is 0. The van der Waals surface area contributed by atoms with Gasteiger partial charge in [-0.25, -0.2) is 0 Å². The molecular formula is C49H60FeOP2. The van der Waals surface area contributed by atoms with E-state index in [9.17, 15) is 5.11 Å². The van der Waals surface area contributed by atoms with Gasteiger partial charge in [-0.05, 0) is 128 Å². The van der Waals surface area contributed by atoms with Crippen LogP contribution in [0.4, 0.5) is 0 Å². The molecule has 2 saturated carbocycles. The van der Waals surface area contributed by atoms with E-state index in [1.54, 1.807) is 0 Å². The van der Waals surface area contributed by atoms with Crippen LogP contribution in [0.1, 0.15) is 108 Å². The zero-order chi connectivity index (χ0) is 36.9. The maximum absolute atomic E-state index is 12.7. The van der Waals surface area contributed by atoms with Crippen LogP contribution in [-0.2, 0) is 17.1 Å². The zero-order valence-corrected chi connectivity index (χ0v) is 36.2. The van der Waals surface area contributed by atoms with Gasteiger partial charge < -0.3 is 5.11 Å². The monoisotopic (exact) mass is 782 g/mol. The van der Waals surface area contributed by atoms with Crippen LogP contribution in [0.5, 0.6) is 0 Å². The first kappa shape index (κ1) is 41.6. The molecule has 0 radical (unpaired) electrons. The maximum Gasteiger partial charge on any atom is 0.0830 e. The summed E-state index contributed by atoms with van der Waals surface area (Å²) < 4.78 is 0. The van der Waals surface area contributed by atoms with Crippen LogP contribution in [0, 0.1) is 61.3 Å². The Balaban J connectivity index is 0.000000833. The average Bonchev–Trinajstić information content (AvgIpc) is 3.80.